The van der Waals surface area contributed by atoms with Crippen molar-refractivity contribution in [3.05, 3.63) is 23.3 Å². The Hall–Kier alpha value is -0.840. The van der Waals surface area contributed by atoms with Crippen LogP contribution in [0.25, 0.3) is 0 Å². The van der Waals surface area contributed by atoms with Crippen LogP contribution in [-0.4, -0.2) is 49.0 Å². The Bertz CT molecular complexity index is 436. The molecule has 4 nitrogen and oxygen atoms in total. The molecule has 0 aromatic rings. The standard InChI is InChI=1S/C14H20NO3.ClH/c1-3-10(2)14(16)17-8-11-4-6-15-7-5-12(13(11)15)18-9-15;/h3-4,12-13H,5-9H2,1-2H3;1H/q+1;/p-1/b10-3-;/t12-,13-,15?;/m0./s1. The molecule has 3 heterocycles. The summed E-state index contributed by atoms with van der Waals surface area (Å²) in [5.74, 6) is -0.210. The molecule has 0 aromatic carbocycles. The van der Waals surface area contributed by atoms with Crippen LogP contribution in [-0.2, 0) is 14.3 Å². The lowest BCUT2D eigenvalue weighted by Crippen LogP contribution is -3.00. The number of allylic oxidation sites excluding steroid dienone is 1. The van der Waals surface area contributed by atoms with E-state index in [-0.39, 0.29) is 18.4 Å². The van der Waals surface area contributed by atoms with Crippen LogP contribution in [0.15, 0.2) is 23.3 Å². The van der Waals surface area contributed by atoms with Crippen molar-refractivity contribution in [2.45, 2.75) is 32.4 Å². The highest BCUT2D eigenvalue weighted by molar-refractivity contribution is 5.87. The number of rotatable bonds is 3. The van der Waals surface area contributed by atoms with Crippen molar-refractivity contribution < 1.29 is 31.2 Å². The molecule has 2 bridgehead atoms. The minimum absolute atomic E-state index is 0. The summed E-state index contributed by atoms with van der Waals surface area (Å²) in [4.78, 5) is 11.6. The van der Waals surface area contributed by atoms with E-state index in [1.165, 1.54) is 12.1 Å². The first-order valence-corrected chi connectivity index (χ1v) is 6.62. The Morgan fingerprint density at radius 3 is 3.05 bits per heavy atom. The molecule has 3 atom stereocenters. The highest BCUT2D eigenvalue weighted by Gasteiger charge is 2.58. The second-order valence-corrected chi connectivity index (χ2v) is 5.52. The van der Waals surface area contributed by atoms with E-state index in [2.05, 4.69) is 6.08 Å². The van der Waals surface area contributed by atoms with E-state index in [9.17, 15) is 4.79 Å². The molecule has 19 heavy (non-hydrogen) atoms. The second-order valence-electron chi connectivity index (χ2n) is 5.52. The van der Waals surface area contributed by atoms with Gasteiger partial charge >= 0.3 is 5.97 Å². The molecule has 0 spiro atoms. The summed E-state index contributed by atoms with van der Waals surface area (Å²) in [6.07, 6.45) is 5.52. The number of ether oxygens (including phenoxy) is 2. The normalized spacial score (nSPS) is 35.7. The number of quaternary nitrogens is 1. The molecule has 0 radical (unpaired) electrons. The van der Waals surface area contributed by atoms with Gasteiger partial charge in [0.1, 0.15) is 25.3 Å². The van der Waals surface area contributed by atoms with E-state index in [1.807, 2.05) is 6.92 Å². The molecule has 3 aliphatic heterocycles. The van der Waals surface area contributed by atoms with Gasteiger partial charge in [-0.15, -0.1) is 0 Å². The minimum atomic E-state index is -0.210. The Labute approximate surface area is 120 Å². The van der Waals surface area contributed by atoms with Gasteiger partial charge in [-0.3, -0.25) is 4.48 Å². The first kappa shape index (κ1) is 14.6. The van der Waals surface area contributed by atoms with E-state index in [0.717, 1.165) is 24.2 Å². The number of nitrogens with zero attached hydrogens (tertiary/aromatic N) is 1. The quantitative estimate of drug-likeness (QED) is 0.271. The first-order valence-electron chi connectivity index (χ1n) is 6.62. The molecule has 3 aliphatic rings. The zero-order valence-corrected chi connectivity index (χ0v) is 12.2. The summed E-state index contributed by atoms with van der Waals surface area (Å²) in [7, 11) is 0. The second kappa shape index (κ2) is 5.27. The van der Waals surface area contributed by atoms with Gasteiger partial charge in [-0.25, -0.2) is 4.79 Å². The number of carbonyl (C=O) groups is 1. The van der Waals surface area contributed by atoms with Crippen LogP contribution in [0.5, 0.6) is 0 Å². The zero-order valence-electron chi connectivity index (χ0n) is 11.4. The maximum Gasteiger partial charge on any atom is 0.333 e. The zero-order chi connectivity index (χ0) is 12.8. The van der Waals surface area contributed by atoms with Gasteiger partial charge in [0.15, 0.2) is 6.73 Å². The molecular weight excluding hydrogens is 266 g/mol. The predicted molar refractivity (Wildman–Crippen MR) is 66.6 cm³/mol. The number of esters is 1. The first-order chi connectivity index (χ1) is 8.66. The maximum absolute atomic E-state index is 11.6. The molecule has 3 rings (SSSR count). The van der Waals surface area contributed by atoms with Crippen LogP contribution >= 0.6 is 0 Å². The van der Waals surface area contributed by atoms with Gasteiger partial charge in [-0.1, -0.05) is 6.08 Å². The summed E-state index contributed by atoms with van der Waals surface area (Å²) in [6.45, 7) is 7.13. The monoisotopic (exact) mass is 285 g/mol. The Balaban J connectivity index is 0.00000133. The van der Waals surface area contributed by atoms with Crippen LogP contribution < -0.4 is 12.4 Å². The van der Waals surface area contributed by atoms with E-state index in [1.54, 1.807) is 13.0 Å². The summed E-state index contributed by atoms with van der Waals surface area (Å²) < 4.78 is 12.2. The smallest absolute Gasteiger partial charge is 0.333 e. The van der Waals surface area contributed by atoms with Gasteiger partial charge in [0, 0.05) is 17.6 Å². The molecule has 1 unspecified atom stereocenters. The third kappa shape index (κ3) is 2.22. The Kier molecular flexibility index (Phi) is 4.04. The number of carbonyl (C=O) groups excluding carboxylic acids is 1. The lowest BCUT2D eigenvalue weighted by atomic mass is 10.1. The molecule has 5 heteroatoms. The van der Waals surface area contributed by atoms with Crippen LogP contribution in [0.2, 0.25) is 0 Å². The molecule has 2 saturated heterocycles. The molecule has 106 valence electrons. The van der Waals surface area contributed by atoms with Gasteiger partial charge in [0.2, 0.25) is 0 Å². The average molecular weight is 286 g/mol. The maximum atomic E-state index is 11.6. The van der Waals surface area contributed by atoms with Crippen molar-refractivity contribution >= 4 is 5.97 Å². The highest BCUT2D eigenvalue weighted by Crippen LogP contribution is 2.43. The van der Waals surface area contributed by atoms with Crippen molar-refractivity contribution in [1.82, 2.24) is 0 Å². The average Bonchev–Trinajstić information content (AvgIpc) is 3.02. The van der Waals surface area contributed by atoms with E-state index >= 15 is 0 Å². The summed E-state index contributed by atoms with van der Waals surface area (Å²) in [5.41, 5.74) is 1.93. The van der Waals surface area contributed by atoms with Crippen molar-refractivity contribution in [1.29, 1.82) is 0 Å². The summed E-state index contributed by atoms with van der Waals surface area (Å²) in [5, 5.41) is 0. The number of hydrogen-bond donors (Lipinski definition) is 0. The van der Waals surface area contributed by atoms with Crippen LogP contribution in [0.4, 0.5) is 0 Å². The van der Waals surface area contributed by atoms with Gasteiger partial charge in [0.25, 0.3) is 0 Å². The van der Waals surface area contributed by atoms with Crippen LogP contribution in [0, 0.1) is 0 Å². The third-order valence-electron chi connectivity index (χ3n) is 4.57. The molecular formula is C14H20ClNO3. The molecule has 0 aliphatic carbocycles. The summed E-state index contributed by atoms with van der Waals surface area (Å²) in [6, 6.07) is 0.448. The van der Waals surface area contributed by atoms with Crippen LogP contribution in [0.3, 0.4) is 0 Å². The van der Waals surface area contributed by atoms with Gasteiger partial charge in [-0.05, 0) is 19.9 Å². The van der Waals surface area contributed by atoms with Crippen molar-refractivity contribution in [3.8, 4) is 0 Å². The molecule has 2 fully saturated rings. The fraction of sp³-hybridized carbons (Fsp3) is 0.643. The van der Waals surface area contributed by atoms with Crippen molar-refractivity contribution in [3.63, 3.8) is 0 Å². The number of halogens is 1. The lowest BCUT2D eigenvalue weighted by molar-refractivity contribution is -0.926. The van der Waals surface area contributed by atoms with Gasteiger partial charge in [0.05, 0.1) is 6.54 Å². The van der Waals surface area contributed by atoms with Gasteiger partial charge < -0.3 is 21.9 Å². The third-order valence-corrected chi connectivity index (χ3v) is 4.57. The van der Waals surface area contributed by atoms with Gasteiger partial charge in [-0.2, -0.15) is 0 Å². The van der Waals surface area contributed by atoms with Crippen LogP contribution in [0.1, 0.15) is 20.3 Å². The van der Waals surface area contributed by atoms with E-state index in [4.69, 9.17) is 9.47 Å². The molecule has 0 amide bonds. The topological polar surface area (TPSA) is 35.5 Å². The fourth-order valence-electron chi connectivity index (χ4n) is 3.39. The largest absolute Gasteiger partial charge is 1.00 e. The fourth-order valence-corrected chi connectivity index (χ4v) is 3.39. The molecule has 0 N–H and O–H groups in total. The van der Waals surface area contributed by atoms with E-state index in [0.29, 0.717) is 24.3 Å². The highest BCUT2D eigenvalue weighted by atomic mass is 35.5. The number of hydrogen-bond acceptors (Lipinski definition) is 3. The van der Waals surface area contributed by atoms with E-state index < -0.39 is 0 Å². The minimum Gasteiger partial charge on any atom is -1.00 e. The molecule has 0 aromatic heterocycles. The lowest BCUT2D eigenvalue weighted by Gasteiger charge is -2.29. The Morgan fingerprint density at radius 1 is 1.63 bits per heavy atom. The van der Waals surface area contributed by atoms with Crippen molar-refractivity contribution in [2.75, 3.05) is 26.4 Å². The predicted octanol–water partition coefficient (Wildman–Crippen LogP) is -1.61. The SMILES string of the molecule is C/C=C(/C)C(=O)OCC1=CC[N+]23CC[C@H](OC2)[C@H]13.[Cl-]. The Morgan fingerprint density at radius 2 is 2.42 bits per heavy atom. The summed E-state index contributed by atoms with van der Waals surface area (Å²) >= 11 is 0. The molecule has 0 saturated carbocycles. The van der Waals surface area contributed by atoms with Crippen molar-refractivity contribution in [2.24, 2.45) is 0 Å².